The van der Waals surface area contributed by atoms with Crippen LogP contribution in [0.3, 0.4) is 0 Å². The molecule has 1 aromatic heterocycles. The summed E-state index contributed by atoms with van der Waals surface area (Å²) >= 11 is 11.3. The number of aromatic nitrogens is 1. The zero-order valence-electron chi connectivity index (χ0n) is 25.7. The largest absolute Gasteiger partial charge is 0.481 e. The summed E-state index contributed by atoms with van der Waals surface area (Å²) in [6, 6.07) is 20.7. The first-order valence-corrected chi connectivity index (χ1v) is 17.4. The average Bonchev–Trinajstić information content (AvgIpc) is 3.58. The number of aryl methyl sites for hydroxylation is 1. The first-order valence-electron chi connectivity index (χ1n) is 15.4. The number of nitrogens with zero attached hydrogens (tertiary/aromatic N) is 3. The highest BCUT2D eigenvalue weighted by Crippen LogP contribution is 2.55. The molecule has 2 atom stereocenters. The fourth-order valence-electron chi connectivity index (χ4n) is 6.49. The Morgan fingerprint density at radius 1 is 0.979 bits per heavy atom. The fraction of sp³-hybridized carbons (Fsp3) is 0.314. The van der Waals surface area contributed by atoms with Crippen LogP contribution in [0.4, 0.5) is 0 Å². The maximum atomic E-state index is 15.1. The summed E-state index contributed by atoms with van der Waals surface area (Å²) in [6.07, 6.45) is 1.56. The Labute approximate surface area is 290 Å². The average molecular weight is 738 g/mol. The molecular weight excluding hydrogens is 704 g/mol. The van der Waals surface area contributed by atoms with E-state index in [1.165, 1.54) is 11.8 Å². The van der Waals surface area contributed by atoms with Crippen LogP contribution in [-0.2, 0) is 25.7 Å². The number of amides is 3. The van der Waals surface area contributed by atoms with Crippen LogP contribution in [-0.4, -0.2) is 79.4 Å². The van der Waals surface area contributed by atoms with Crippen molar-refractivity contribution in [2.24, 2.45) is 0 Å². The SMILES string of the molecule is Cc1ccc(SC2(C(=O)N3CCN(C(=O)CCC(=O)O)CC3)CC(=O)N(Cc3ccc(Br)cc3)C2c2c[nH]c3cc(Cl)ccc23)cc1. The van der Waals surface area contributed by atoms with Crippen molar-refractivity contribution in [2.75, 3.05) is 26.2 Å². The van der Waals surface area contributed by atoms with E-state index in [-0.39, 0.29) is 50.1 Å². The number of carboxylic acid groups (broad SMARTS) is 1. The maximum Gasteiger partial charge on any atom is 0.303 e. The van der Waals surface area contributed by atoms with Crippen LogP contribution in [0.5, 0.6) is 0 Å². The minimum Gasteiger partial charge on any atom is -0.481 e. The quantitative estimate of drug-likeness (QED) is 0.205. The Morgan fingerprint density at radius 3 is 2.34 bits per heavy atom. The second-order valence-corrected chi connectivity index (χ2v) is 14.8. The molecule has 244 valence electrons. The number of carbonyl (C=O) groups is 4. The van der Waals surface area contributed by atoms with E-state index in [9.17, 15) is 14.4 Å². The van der Waals surface area contributed by atoms with Gasteiger partial charge in [-0.3, -0.25) is 19.2 Å². The lowest BCUT2D eigenvalue weighted by molar-refractivity contribution is -0.143. The molecule has 6 rings (SSSR count). The van der Waals surface area contributed by atoms with Crippen molar-refractivity contribution in [3.8, 4) is 0 Å². The summed E-state index contributed by atoms with van der Waals surface area (Å²) in [5.74, 6) is -1.56. The number of carbonyl (C=O) groups excluding carboxylic acids is 3. The van der Waals surface area contributed by atoms with Crippen LogP contribution >= 0.6 is 39.3 Å². The Kier molecular flexibility index (Phi) is 9.68. The monoisotopic (exact) mass is 736 g/mol. The summed E-state index contributed by atoms with van der Waals surface area (Å²) in [5, 5.41) is 10.5. The van der Waals surface area contributed by atoms with Crippen molar-refractivity contribution in [3.05, 3.63) is 99.1 Å². The Morgan fingerprint density at radius 2 is 1.66 bits per heavy atom. The van der Waals surface area contributed by atoms with Gasteiger partial charge >= 0.3 is 5.97 Å². The summed E-state index contributed by atoms with van der Waals surface area (Å²) in [4.78, 5) is 62.5. The lowest BCUT2D eigenvalue weighted by Crippen LogP contribution is -2.57. The molecule has 2 saturated heterocycles. The predicted molar refractivity (Wildman–Crippen MR) is 185 cm³/mol. The van der Waals surface area contributed by atoms with Gasteiger partial charge < -0.3 is 24.8 Å². The number of benzene rings is 3. The lowest BCUT2D eigenvalue weighted by atomic mass is 9.90. The van der Waals surface area contributed by atoms with Gasteiger partial charge in [0.1, 0.15) is 4.75 Å². The Balaban J connectivity index is 1.42. The van der Waals surface area contributed by atoms with Gasteiger partial charge in [-0.25, -0.2) is 0 Å². The van der Waals surface area contributed by atoms with Crippen molar-refractivity contribution in [1.82, 2.24) is 19.7 Å². The van der Waals surface area contributed by atoms with E-state index in [4.69, 9.17) is 16.7 Å². The molecule has 2 N–H and O–H groups in total. The second kappa shape index (κ2) is 13.7. The fourth-order valence-corrected chi connectivity index (χ4v) is 8.40. The number of hydrogen-bond donors (Lipinski definition) is 2. The summed E-state index contributed by atoms with van der Waals surface area (Å²) < 4.78 is -0.300. The van der Waals surface area contributed by atoms with Crippen LogP contribution < -0.4 is 0 Å². The molecule has 0 radical (unpaired) electrons. The van der Waals surface area contributed by atoms with E-state index in [1.54, 1.807) is 9.80 Å². The minimum atomic E-state index is -1.23. The number of likely N-dealkylation sites (tertiary alicyclic amines) is 1. The molecule has 2 aliphatic heterocycles. The number of thioether (sulfide) groups is 1. The third kappa shape index (κ3) is 6.93. The minimum absolute atomic E-state index is 0.0103. The van der Waals surface area contributed by atoms with E-state index in [0.29, 0.717) is 24.7 Å². The lowest BCUT2D eigenvalue weighted by Gasteiger charge is -2.42. The highest BCUT2D eigenvalue weighted by Gasteiger charge is 2.59. The third-order valence-electron chi connectivity index (χ3n) is 8.88. The van der Waals surface area contributed by atoms with E-state index in [1.807, 2.05) is 84.8 Å². The van der Waals surface area contributed by atoms with Crippen LogP contribution in [0, 0.1) is 6.92 Å². The summed E-state index contributed by atoms with van der Waals surface area (Å²) in [7, 11) is 0. The molecule has 2 aliphatic rings. The molecule has 0 spiro atoms. The van der Waals surface area contributed by atoms with E-state index in [2.05, 4.69) is 20.9 Å². The van der Waals surface area contributed by atoms with E-state index in [0.717, 1.165) is 37.0 Å². The standard InChI is InChI=1S/C35H34BrClN4O5S/c1-22-2-9-26(10-3-22)47-35(34(46)40-16-14-39(15-17-40)30(42)12-13-32(44)45)19-31(43)41(21-23-4-6-24(36)7-5-23)33(35)28-20-38-29-18-25(37)8-11-27(28)29/h2-11,18,20,33,38H,12-17,19,21H2,1H3,(H,44,45). The molecule has 47 heavy (non-hydrogen) atoms. The normalized spacial score (nSPS) is 19.9. The zero-order chi connectivity index (χ0) is 33.3. The van der Waals surface area contributed by atoms with Gasteiger partial charge in [-0.2, -0.15) is 0 Å². The summed E-state index contributed by atoms with van der Waals surface area (Å²) in [5.41, 5.74) is 3.66. The number of aliphatic carboxylic acids is 1. The van der Waals surface area contributed by atoms with Gasteiger partial charge in [0, 0.05) is 76.2 Å². The van der Waals surface area contributed by atoms with Gasteiger partial charge in [-0.05, 0) is 48.9 Å². The van der Waals surface area contributed by atoms with Crippen molar-refractivity contribution in [2.45, 2.75) is 48.4 Å². The molecule has 12 heteroatoms. The second-order valence-electron chi connectivity index (χ2n) is 12.0. The molecular formula is C35H34BrClN4O5S. The van der Waals surface area contributed by atoms with Gasteiger partial charge in [-0.1, -0.05) is 63.4 Å². The zero-order valence-corrected chi connectivity index (χ0v) is 28.9. The van der Waals surface area contributed by atoms with Gasteiger partial charge in [-0.15, -0.1) is 11.8 Å². The van der Waals surface area contributed by atoms with Gasteiger partial charge in [0.25, 0.3) is 0 Å². The Hall–Kier alpha value is -3.80. The topological polar surface area (TPSA) is 114 Å². The van der Waals surface area contributed by atoms with E-state index >= 15 is 4.79 Å². The Bertz CT molecular complexity index is 1820. The highest BCUT2D eigenvalue weighted by molar-refractivity contribution is 9.10. The number of halogens is 2. The molecule has 2 unspecified atom stereocenters. The van der Waals surface area contributed by atoms with Crippen LogP contribution in [0.1, 0.15) is 42.0 Å². The molecule has 3 amide bonds. The molecule has 2 fully saturated rings. The molecule has 0 aliphatic carbocycles. The van der Waals surface area contributed by atoms with Crippen molar-refractivity contribution >= 4 is 73.9 Å². The van der Waals surface area contributed by atoms with Gasteiger partial charge in [0.2, 0.25) is 17.7 Å². The van der Waals surface area contributed by atoms with Gasteiger partial charge in [0.05, 0.1) is 18.9 Å². The number of nitrogens with one attached hydrogen (secondary N) is 1. The van der Waals surface area contributed by atoms with Crippen molar-refractivity contribution in [3.63, 3.8) is 0 Å². The molecule has 3 heterocycles. The van der Waals surface area contributed by atoms with Gasteiger partial charge in [0.15, 0.2) is 0 Å². The number of fused-ring (bicyclic) bond motifs is 1. The van der Waals surface area contributed by atoms with Crippen LogP contribution in [0.2, 0.25) is 5.02 Å². The molecule has 9 nitrogen and oxygen atoms in total. The molecule has 0 bridgehead atoms. The molecule has 4 aromatic rings. The number of aromatic amines is 1. The van der Waals surface area contributed by atoms with Crippen LogP contribution in [0.25, 0.3) is 10.9 Å². The van der Waals surface area contributed by atoms with Crippen molar-refractivity contribution < 1.29 is 24.3 Å². The first-order chi connectivity index (χ1) is 22.5. The number of carboxylic acids is 1. The predicted octanol–water partition coefficient (Wildman–Crippen LogP) is 6.43. The van der Waals surface area contributed by atoms with Crippen molar-refractivity contribution in [1.29, 1.82) is 0 Å². The molecule has 0 saturated carbocycles. The maximum absolute atomic E-state index is 15.1. The number of piperazine rings is 1. The highest BCUT2D eigenvalue weighted by atomic mass is 79.9. The number of H-pyrrole nitrogens is 1. The number of rotatable bonds is 9. The van der Waals surface area contributed by atoms with E-state index < -0.39 is 16.8 Å². The third-order valence-corrected chi connectivity index (χ3v) is 11.1. The van der Waals surface area contributed by atoms with Crippen LogP contribution in [0.15, 0.2) is 82.3 Å². The molecule has 3 aromatic carbocycles. The number of hydrogen-bond acceptors (Lipinski definition) is 5. The smallest absolute Gasteiger partial charge is 0.303 e. The summed E-state index contributed by atoms with van der Waals surface area (Å²) in [6.45, 7) is 3.47. The first kappa shape index (κ1) is 33.1.